The molecule has 3 rings (SSSR count). The monoisotopic (exact) mass is 351 g/mol. The maximum atomic E-state index is 11.4. The quantitative estimate of drug-likeness (QED) is 0.900. The van der Waals surface area contributed by atoms with Gasteiger partial charge in [-0.05, 0) is 18.9 Å². The first-order valence-corrected chi connectivity index (χ1v) is 9.34. The van der Waals surface area contributed by atoms with Gasteiger partial charge in [-0.3, -0.25) is 0 Å². The Morgan fingerprint density at radius 2 is 1.80 bits per heavy atom. The SMILES string of the molecule is O=S1(=O)CCC(Nc2c(Cl)cc(Cl)c3nsnc23)CC1. The first-order chi connectivity index (χ1) is 9.46. The molecule has 9 heteroatoms. The van der Waals surface area contributed by atoms with Crippen molar-refractivity contribution in [2.24, 2.45) is 0 Å². The highest BCUT2D eigenvalue weighted by Crippen LogP contribution is 2.36. The minimum atomic E-state index is -2.88. The molecule has 0 atom stereocenters. The molecule has 1 aromatic heterocycles. The van der Waals surface area contributed by atoms with Gasteiger partial charge < -0.3 is 5.32 Å². The van der Waals surface area contributed by atoms with Gasteiger partial charge in [-0.25, -0.2) is 8.42 Å². The predicted molar refractivity (Wildman–Crippen MR) is 82.7 cm³/mol. The number of nitrogens with zero attached hydrogens (tertiary/aromatic N) is 2. The Balaban J connectivity index is 1.90. The maximum absolute atomic E-state index is 11.4. The zero-order valence-corrected chi connectivity index (χ0v) is 13.4. The van der Waals surface area contributed by atoms with Crippen molar-refractivity contribution in [3.8, 4) is 0 Å². The molecule has 2 heterocycles. The van der Waals surface area contributed by atoms with Crippen LogP contribution in [-0.4, -0.2) is 34.7 Å². The molecular formula is C11H11Cl2N3O2S2. The van der Waals surface area contributed by atoms with Crippen LogP contribution in [0.3, 0.4) is 0 Å². The number of hydrogen-bond donors (Lipinski definition) is 1. The van der Waals surface area contributed by atoms with Gasteiger partial charge in [0, 0.05) is 6.04 Å². The van der Waals surface area contributed by atoms with E-state index >= 15 is 0 Å². The first-order valence-electron chi connectivity index (χ1n) is 6.03. The second-order valence-corrected chi connectivity index (χ2v) is 8.39. The summed E-state index contributed by atoms with van der Waals surface area (Å²) in [7, 11) is -2.88. The molecule has 0 bridgehead atoms. The Hall–Kier alpha value is -0.630. The van der Waals surface area contributed by atoms with Gasteiger partial charge in [-0.1, -0.05) is 23.2 Å². The van der Waals surface area contributed by atoms with Crippen LogP contribution in [0.15, 0.2) is 6.07 Å². The summed E-state index contributed by atoms with van der Waals surface area (Å²) in [6, 6.07) is 1.71. The number of anilines is 1. The van der Waals surface area contributed by atoms with Crippen molar-refractivity contribution in [2.75, 3.05) is 16.8 Å². The Labute approximate surface area is 130 Å². The topological polar surface area (TPSA) is 72.0 Å². The van der Waals surface area contributed by atoms with E-state index in [2.05, 4.69) is 14.1 Å². The Morgan fingerprint density at radius 3 is 2.50 bits per heavy atom. The van der Waals surface area contributed by atoms with E-state index in [-0.39, 0.29) is 17.5 Å². The smallest absolute Gasteiger partial charge is 0.150 e. The highest BCUT2D eigenvalue weighted by Gasteiger charge is 2.25. The average Bonchev–Trinajstić information content (AvgIpc) is 2.86. The van der Waals surface area contributed by atoms with Crippen LogP contribution in [0, 0.1) is 0 Å². The molecule has 2 aromatic rings. The normalized spacial score (nSPS) is 19.3. The largest absolute Gasteiger partial charge is 0.379 e. The summed E-state index contributed by atoms with van der Waals surface area (Å²) in [5, 5.41) is 4.24. The predicted octanol–water partition coefficient (Wildman–Crippen LogP) is 2.99. The van der Waals surface area contributed by atoms with Crippen LogP contribution in [0.2, 0.25) is 10.0 Å². The lowest BCUT2D eigenvalue weighted by atomic mass is 10.1. The number of nitrogens with one attached hydrogen (secondary N) is 1. The Morgan fingerprint density at radius 1 is 1.15 bits per heavy atom. The summed E-state index contributed by atoms with van der Waals surface area (Å²) in [5.74, 6) is 0.405. The minimum Gasteiger partial charge on any atom is -0.379 e. The van der Waals surface area contributed by atoms with E-state index in [1.54, 1.807) is 6.07 Å². The molecule has 20 heavy (non-hydrogen) atoms. The molecule has 0 unspecified atom stereocenters. The van der Waals surface area contributed by atoms with Crippen LogP contribution in [0.1, 0.15) is 12.8 Å². The van der Waals surface area contributed by atoms with Crippen molar-refractivity contribution in [3.05, 3.63) is 16.1 Å². The summed E-state index contributed by atoms with van der Waals surface area (Å²) in [5.41, 5.74) is 1.94. The third-order valence-electron chi connectivity index (χ3n) is 3.35. The summed E-state index contributed by atoms with van der Waals surface area (Å²) in [6.07, 6.45) is 1.14. The van der Waals surface area contributed by atoms with Crippen molar-refractivity contribution < 1.29 is 8.42 Å². The van der Waals surface area contributed by atoms with Gasteiger partial charge in [-0.2, -0.15) is 8.75 Å². The van der Waals surface area contributed by atoms with E-state index in [0.717, 1.165) is 11.7 Å². The lowest BCUT2D eigenvalue weighted by Crippen LogP contribution is -2.32. The zero-order chi connectivity index (χ0) is 14.3. The molecule has 1 aromatic carbocycles. The van der Waals surface area contributed by atoms with E-state index in [0.29, 0.717) is 39.6 Å². The molecule has 0 spiro atoms. The Bertz CT molecular complexity index is 746. The van der Waals surface area contributed by atoms with Gasteiger partial charge in [0.15, 0.2) is 0 Å². The molecule has 1 N–H and O–H groups in total. The number of benzene rings is 1. The van der Waals surface area contributed by atoms with Gasteiger partial charge in [-0.15, -0.1) is 0 Å². The zero-order valence-electron chi connectivity index (χ0n) is 10.3. The number of fused-ring (bicyclic) bond motifs is 1. The summed E-state index contributed by atoms with van der Waals surface area (Å²) in [6.45, 7) is 0. The molecule has 5 nitrogen and oxygen atoms in total. The van der Waals surface area contributed by atoms with Crippen molar-refractivity contribution in [2.45, 2.75) is 18.9 Å². The molecule has 1 aliphatic rings. The van der Waals surface area contributed by atoms with Crippen LogP contribution < -0.4 is 5.32 Å². The second kappa shape index (κ2) is 5.29. The van der Waals surface area contributed by atoms with Crippen LogP contribution in [-0.2, 0) is 9.84 Å². The number of hydrogen-bond acceptors (Lipinski definition) is 6. The lowest BCUT2D eigenvalue weighted by Gasteiger charge is -2.24. The lowest BCUT2D eigenvalue weighted by molar-refractivity contribution is 0.560. The molecule has 0 radical (unpaired) electrons. The van der Waals surface area contributed by atoms with Crippen LogP contribution in [0.5, 0.6) is 0 Å². The van der Waals surface area contributed by atoms with E-state index in [4.69, 9.17) is 23.2 Å². The van der Waals surface area contributed by atoms with Gasteiger partial charge >= 0.3 is 0 Å². The molecule has 1 saturated heterocycles. The molecule has 0 amide bonds. The standard InChI is InChI=1S/C11H11Cl2N3O2S2/c12-7-5-8(13)10-11(16-19-15-10)9(7)14-6-1-3-20(17,18)4-2-6/h5-6,14H,1-4H2. The molecule has 1 aliphatic heterocycles. The average molecular weight is 352 g/mol. The molecule has 0 aliphatic carbocycles. The van der Waals surface area contributed by atoms with Gasteiger partial charge in [0.1, 0.15) is 20.9 Å². The molecule has 1 fully saturated rings. The number of aromatic nitrogens is 2. The van der Waals surface area contributed by atoms with Crippen LogP contribution in [0.4, 0.5) is 5.69 Å². The summed E-state index contributed by atoms with van der Waals surface area (Å²) >= 11 is 13.4. The van der Waals surface area contributed by atoms with Crippen LogP contribution in [0.25, 0.3) is 11.0 Å². The number of rotatable bonds is 2. The van der Waals surface area contributed by atoms with E-state index < -0.39 is 9.84 Å². The van der Waals surface area contributed by atoms with Crippen LogP contribution >= 0.6 is 34.9 Å². The fourth-order valence-electron chi connectivity index (χ4n) is 2.25. The van der Waals surface area contributed by atoms with Gasteiger partial charge in [0.05, 0.1) is 39.0 Å². The third kappa shape index (κ3) is 2.72. The molecule has 0 saturated carbocycles. The fraction of sp³-hybridized carbons (Fsp3) is 0.455. The van der Waals surface area contributed by atoms with Crippen molar-refractivity contribution >= 4 is 61.5 Å². The second-order valence-electron chi connectivity index (χ2n) is 4.75. The highest BCUT2D eigenvalue weighted by molar-refractivity contribution is 7.91. The van der Waals surface area contributed by atoms with Crippen molar-refractivity contribution in [3.63, 3.8) is 0 Å². The third-order valence-corrected chi connectivity index (χ3v) is 6.18. The van der Waals surface area contributed by atoms with Crippen molar-refractivity contribution in [1.29, 1.82) is 0 Å². The molecule has 108 valence electrons. The highest BCUT2D eigenvalue weighted by atomic mass is 35.5. The summed E-state index contributed by atoms with van der Waals surface area (Å²) in [4.78, 5) is 0. The maximum Gasteiger partial charge on any atom is 0.150 e. The van der Waals surface area contributed by atoms with Gasteiger partial charge in [0.2, 0.25) is 0 Å². The molecular weight excluding hydrogens is 341 g/mol. The summed E-state index contributed by atoms with van der Waals surface area (Å²) < 4.78 is 31.2. The van der Waals surface area contributed by atoms with E-state index in [1.807, 2.05) is 0 Å². The Kier molecular flexibility index (Phi) is 3.79. The first kappa shape index (κ1) is 14.3. The number of sulfone groups is 1. The van der Waals surface area contributed by atoms with E-state index in [1.165, 1.54) is 0 Å². The van der Waals surface area contributed by atoms with Gasteiger partial charge in [0.25, 0.3) is 0 Å². The van der Waals surface area contributed by atoms with E-state index in [9.17, 15) is 8.42 Å². The minimum absolute atomic E-state index is 0.0714. The van der Waals surface area contributed by atoms with Crippen molar-refractivity contribution in [1.82, 2.24) is 8.75 Å². The fourth-order valence-corrected chi connectivity index (χ4v) is 4.91. The number of halogens is 2.